The van der Waals surface area contributed by atoms with Gasteiger partial charge in [0.05, 0.1) is 4.91 Å². The minimum absolute atomic E-state index is 0.257. The van der Waals surface area contributed by atoms with Crippen molar-refractivity contribution < 1.29 is 4.79 Å². The Kier molecular flexibility index (Phi) is 5.13. The molecule has 0 atom stereocenters. The zero-order valence-corrected chi connectivity index (χ0v) is 15.7. The van der Waals surface area contributed by atoms with Gasteiger partial charge in [-0.2, -0.15) is 4.99 Å². The van der Waals surface area contributed by atoms with Gasteiger partial charge in [-0.1, -0.05) is 25.5 Å². The van der Waals surface area contributed by atoms with Gasteiger partial charge in [-0.3, -0.25) is 4.79 Å². The molecule has 0 fully saturated rings. The average Bonchev–Trinajstić information content (AvgIpc) is 3.04. The fourth-order valence-electron chi connectivity index (χ4n) is 3.09. The second-order valence-electron chi connectivity index (χ2n) is 6.30. The van der Waals surface area contributed by atoms with Crippen LogP contribution in [-0.2, 0) is 11.2 Å². The van der Waals surface area contributed by atoms with Gasteiger partial charge in [0.15, 0.2) is 5.17 Å². The summed E-state index contributed by atoms with van der Waals surface area (Å²) in [4.78, 5) is 16.2. The van der Waals surface area contributed by atoms with Crippen LogP contribution in [-0.4, -0.2) is 15.6 Å². The molecule has 1 aliphatic rings. The van der Waals surface area contributed by atoms with Crippen LogP contribution >= 0.6 is 11.8 Å². The van der Waals surface area contributed by atoms with Crippen LogP contribution in [0.25, 0.3) is 11.8 Å². The van der Waals surface area contributed by atoms with E-state index >= 15 is 0 Å². The van der Waals surface area contributed by atoms with Crippen LogP contribution in [0.5, 0.6) is 0 Å². The quantitative estimate of drug-likeness (QED) is 0.812. The normalized spacial score (nSPS) is 15.9. The molecule has 130 valence electrons. The van der Waals surface area contributed by atoms with E-state index < -0.39 is 0 Å². The van der Waals surface area contributed by atoms with Gasteiger partial charge < -0.3 is 10.3 Å². The maximum atomic E-state index is 11.8. The van der Waals surface area contributed by atoms with E-state index in [4.69, 9.17) is 5.73 Å². The molecule has 0 bridgehead atoms. The smallest absolute Gasteiger partial charge is 0.286 e. The third-order valence-electron chi connectivity index (χ3n) is 4.41. The lowest BCUT2D eigenvalue weighted by atomic mass is 10.1. The van der Waals surface area contributed by atoms with Crippen LogP contribution in [0.2, 0.25) is 0 Å². The number of hydrogen-bond acceptors (Lipinski definition) is 3. The van der Waals surface area contributed by atoms with Crippen LogP contribution in [0, 0.1) is 13.8 Å². The van der Waals surface area contributed by atoms with Gasteiger partial charge in [-0.15, -0.1) is 0 Å². The molecule has 1 aliphatic heterocycles. The summed E-state index contributed by atoms with van der Waals surface area (Å²) in [6, 6.07) is 10.8. The van der Waals surface area contributed by atoms with Crippen LogP contribution in [0.4, 0.5) is 0 Å². The van der Waals surface area contributed by atoms with Gasteiger partial charge in [0.25, 0.3) is 5.91 Å². The number of nitrogens with zero attached hydrogens (tertiary/aromatic N) is 2. The van der Waals surface area contributed by atoms with E-state index in [0.717, 1.165) is 29.1 Å². The topological polar surface area (TPSA) is 60.4 Å². The first kappa shape index (κ1) is 17.5. The van der Waals surface area contributed by atoms with Crippen molar-refractivity contribution in [3.8, 4) is 5.69 Å². The molecule has 0 radical (unpaired) electrons. The van der Waals surface area contributed by atoms with Crippen molar-refractivity contribution in [1.29, 1.82) is 0 Å². The van der Waals surface area contributed by atoms with Gasteiger partial charge in [0.1, 0.15) is 0 Å². The summed E-state index contributed by atoms with van der Waals surface area (Å²) in [5, 5.41) is 0.313. The number of benzene rings is 1. The predicted octanol–water partition coefficient (Wildman–Crippen LogP) is 4.37. The first-order valence-electron chi connectivity index (χ1n) is 8.56. The third-order valence-corrected chi connectivity index (χ3v) is 5.22. The largest absolute Gasteiger partial charge is 0.378 e. The first-order chi connectivity index (χ1) is 12.0. The molecule has 2 N–H and O–H groups in total. The summed E-state index contributed by atoms with van der Waals surface area (Å²) in [5.74, 6) is -0.257. The average molecular weight is 353 g/mol. The molecule has 1 amide bonds. The number of unbranched alkanes of at least 4 members (excludes halogenated alkanes) is 1. The summed E-state index contributed by atoms with van der Waals surface area (Å²) in [6.45, 7) is 6.36. The van der Waals surface area contributed by atoms with Crippen molar-refractivity contribution >= 4 is 28.9 Å². The third kappa shape index (κ3) is 3.71. The number of hydrogen-bond donors (Lipinski definition) is 1. The summed E-state index contributed by atoms with van der Waals surface area (Å²) in [7, 11) is 0. The second kappa shape index (κ2) is 7.31. The molecule has 2 aromatic rings. The highest BCUT2D eigenvalue weighted by Crippen LogP contribution is 2.29. The second-order valence-corrected chi connectivity index (χ2v) is 7.36. The highest BCUT2D eigenvalue weighted by atomic mass is 32.2. The van der Waals surface area contributed by atoms with Crippen molar-refractivity contribution in [2.75, 3.05) is 0 Å². The first-order valence-corrected chi connectivity index (χ1v) is 9.37. The van der Waals surface area contributed by atoms with Gasteiger partial charge in [-0.25, -0.2) is 0 Å². The van der Waals surface area contributed by atoms with Crippen LogP contribution in [0.3, 0.4) is 0 Å². The van der Waals surface area contributed by atoms with Crippen molar-refractivity contribution in [1.82, 2.24) is 4.57 Å². The van der Waals surface area contributed by atoms with E-state index in [1.807, 2.05) is 6.08 Å². The van der Waals surface area contributed by atoms with E-state index in [0.29, 0.717) is 10.1 Å². The standard InChI is InChI=1S/C20H23N3OS/c1-4-5-6-15-7-9-17(10-8-15)23-13(2)11-16(14(23)3)12-18-19(24)22-20(21)25-18/h7-12H,4-6H2,1-3H3,(H2,21,22,24). The number of nitrogens with two attached hydrogens (primary N) is 1. The Hall–Kier alpha value is -2.27. The Bertz CT molecular complexity index is 860. The molecule has 4 nitrogen and oxygen atoms in total. The number of carbonyl (C=O) groups excluding carboxylic acids is 1. The minimum Gasteiger partial charge on any atom is -0.378 e. The molecule has 1 aromatic heterocycles. The highest BCUT2D eigenvalue weighted by molar-refractivity contribution is 8.18. The van der Waals surface area contributed by atoms with E-state index in [9.17, 15) is 4.79 Å². The molecule has 0 aliphatic carbocycles. The van der Waals surface area contributed by atoms with Gasteiger partial charge in [0, 0.05) is 17.1 Å². The van der Waals surface area contributed by atoms with Crippen molar-refractivity contribution in [2.45, 2.75) is 40.0 Å². The molecule has 1 aromatic carbocycles. The maximum Gasteiger partial charge on any atom is 0.286 e. The predicted molar refractivity (Wildman–Crippen MR) is 106 cm³/mol. The monoisotopic (exact) mass is 353 g/mol. The zero-order valence-electron chi connectivity index (χ0n) is 14.9. The van der Waals surface area contributed by atoms with E-state index in [1.165, 1.54) is 30.2 Å². The lowest BCUT2D eigenvalue weighted by Crippen LogP contribution is -2.01. The number of amides is 1. The Labute approximate surface area is 152 Å². The van der Waals surface area contributed by atoms with Gasteiger partial charge in [0.2, 0.25) is 0 Å². The number of amidine groups is 1. The minimum atomic E-state index is -0.257. The zero-order chi connectivity index (χ0) is 18.0. The Morgan fingerprint density at radius 3 is 2.56 bits per heavy atom. The molecule has 0 saturated heterocycles. The molecule has 2 heterocycles. The Balaban J connectivity index is 1.90. The van der Waals surface area contributed by atoms with Crippen molar-refractivity contribution in [2.24, 2.45) is 10.7 Å². The molecule has 3 rings (SSSR count). The number of carbonyl (C=O) groups is 1. The van der Waals surface area contributed by atoms with E-state index in [2.05, 4.69) is 60.7 Å². The maximum absolute atomic E-state index is 11.8. The van der Waals surface area contributed by atoms with Gasteiger partial charge >= 0.3 is 0 Å². The van der Waals surface area contributed by atoms with E-state index in [-0.39, 0.29) is 5.91 Å². The summed E-state index contributed by atoms with van der Waals surface area (Å²) in [5.41, 5.74) is 11.4. The number of aromatic nitrogens is 1. The number of thioether (sulfide) groups is 1. The van der Waals surface area contributed by atoms with Crippen LogP contribution in [0.1, 0.15) is 42.3 Å². The summed E-state index contributed by atoms with van der Waals surface area (Å²) < 4.78 is 2.21. The van der Waals surface area contributed by atoms with E-state index in [1.54, 1.807) is 0 Å². The molecule has 5 heteroatoms. The summed E-state index contributed by atoms with van der Waals surface area (Å²) in [6.07, 6.45) is 5.43. The van der Waals surface area contributed by atoms with Gasteiger partial charge in [-0.05, 0) is 73.9 Å². The Morgan fingerprint density at radius 1 is 1.24 bits per heavy atom. The molecular weight excluding hydrogens is 330 g/mol. The molecule has 0 saturated carbocycles. The van der Waals surface area contributed by atoms with Crippen LogP contribution in [0.15, 0.2) is 40.2 Å². The summed E-state index contributed by atoms with van der Waals surface area (Å²) >= 11 is 1.23. The number of aliphatic imine (C=N–C) groups is 1. The lowest BCUT2D eigenvalue weighted by molar-refractivity contribution is -0.113. The fraction of sp³-hybridized carbons (Fsp3) is 0.300. The number of rotatable bonds is 5. The Morgan fingerprint density at radius 2 is 1.96 bits per heavy atom. The van der Waals surface area contributed by atoms with Crippen molar-refractivity contribution in [3.63, 3.8) is 0 Å². The van der Waals surface area contributed by atoms with Crippen LogP contribution < -0.4 is 5.73 Å². The highest BCUT2D eigenvalue weighted by Gasteiger charge is 2.20. The number of aryl methyl sites for hydroxylation is 2. The fourth-order valence-corrected chi connectivity index (χ4v) is 3.76. The van der Waals surface area contributed by atoms with Crippen molar-refractivity contribution in [3.05, 3.63) is 57.8 Å². The molecule has 25 heavy (non-hydrogen) atoms. The molecule has 0 spiro atoms. The molecular formula is C20H23N3OS. The lowest BCUT2D eigenvalue weighted by Gasteiger charge is -2.11. The molecule has 0 unspecified atom stereocenters. The SMILES string of the molecule is CCCCc1ccc(-n2c(C)cc(C=C3SC(N)=NC3=O)c2C)cc1.